The molecule has 4 rings (SSSR count). The fourth-order valence-corrected chi connectivity index (χ4v) is 8.11. The van der Waals surface area contributed by atoms with Crippen LogP contribution in [0.4, 0.5) is 0 Å². The van der Waals surface area contributed by atoms with Crippen LogP contribution in [0.1, 0.15) is 183 Å². The van der Waals surface area contributed by atoms with Gasteiger partial charge in [0.25, 0.3) is 0 Å². The highest BCUT2D eigenvalue weighted by Gasteiger charge is 2.27. The number of methoxy groups -OCH3 is 1. The number of carbonyl (C=O) groups is 1. The predicted octanol–water partition coefficient (Wildman–Crippen LogP) is 9.50. The number of hydrogen-bond donors (Lipinski definition) is 1. The summed E-state index contributed by atoms with van der Waals surface area (Å²) >= 11 is 0. The van der Waals surface area contributed by atoms with Crippen molar-refractivity contribution in [2.75, 3.05) is 132 Å². The first-order chi connectivity index (χ1) is 29.7. The van der Waals surface area contributed by atoms with Gasteiger partial charge in [0.05, 0.1) is 33.0 Å². The van der Waals surface area contributed by atoms with Gasteiger partial charge in [-0.3, -0.25) is 34.2 Å². The van der Waals surface area contributed by atoms with E-state index in [1.54, 1.807) is 7.11 Å². The number of piperazine rings is 1. The van der Waals surface area contributed by atoms with Gasteiger partial charge in [-0.2, -0.15) is 0 Å². The molecule has 1 N–H and O–H groups in total. The number of morpholine rings is 1. The molecule has 0 saturated carbocycles. The molecule has 0 amide bonds. The summed E-state index contributed by atoms with van der Waals surface area (Å²) in [6, 6.07) is 0. The Bertz CT molecular complexity index is 1110. The smallest absolute Gasteiger partial charge is 0.146 e. The molecule has 0 aromatic heterocycles. The number of likely N-dealkylation sites (N-methyl/N-ethyl adjacent to an activating group) is 1. The van der Waals surface area contributed by atoms with Crippen molar-refractivity contribution in [1.29, 1.82) is 0 Å². The number of aliphatic hydroxyl groups excluding tert-OH is 1. The number of carbonyl (C=O) groups excluding carboxylic acids is 1. The highest BCUT2D eigenvalue weighted by molar-refractivity contribution is 5.81. The van der Waals surface area contributed by atoms with Crippen molar-refractivity contribution in [3.63, 3.8) is 0 Å². The molecule has 4 aliphatic rings. The van der Waals surface area contributed by atoms with Gasteiger partial charge in [0.2, 0.25) is 0 Å². The number of Topliss-reactive ketones (excluding diaryl/α,β-unsaturated/α-hetero) is 1. The lowest BCUT2D eigenvalue weighted by Gasteiger charge is -2.41. The summed E-state index contributed by atoms with van der Waals surface area (Å²) in [6.45, 7) is 63.0. The lowest BCUT2D eigenvalue weighted by molar-refractivity contribution is -0.123. The van der Waals surface area contributed by atoms with E-state index in [1.807, 2.05) is 0 Å². The third-order valence-electron chi connectivity index (χ3n) is 12.7. The Kier molecular flexibility index (Phi) is 33.6. The monoisotopic (exact) mass is 928 g/mol. The van der Waals surface area contributed by atoms with Gasteiger partial charge < -0.3 is 19.5 Å². The van der Waals surface area contributed by atoms with Crippen molar-refractivity contribution in [3.05, 3.63) is 0 Å². The Morgan fingerprint density at radius 2 is 0.908 bits per heavy atom. The topological polar surface area (TPSA) is 78.4 Å². The average molecular weight is 929 g/mol. The number of piperidine rings is 2. The Balaban J connectivity index is 0. The van der Waals surface area contributed by atoms with E-state index in [1.165, 1.54) is 65.0 Å². The van der Waals surface area contributed by atoms with Gasteiger partial charge >= 0.3 is 0 Å². The van der Waals surface area contributed by atoms with E-state index in [2.05, 4.69) is 180 Å². The number of ether oxygens (including phenoxy) is 2. The van der Waals surface area contributed by atoms with E-state index in [0.29, 0.717) is 28.9 Å². The number of nitrogens with zero attached hydrogens (tertiary/aromatic N) is 7. The van der Waals surface area contributed by atoms with Gasteiger partial charge in [-0.15, -0.1) is 0 Å². The zero-order valence-electron chi connectivity index (χ0n) is 48.0. The normalized spacial score (nSPS) is 19.4. The summed E-state index contributed by atoms with van der Waals surface area (Å²) in [5, 5.41) is 8.78. The van der Waals surface area contributed by atoms with Crippen LogP contribution in [-0.4, -0.2) is 211 Å². The first-order valence-corrected chi connectivity index (χ1v) is 26.1. The molecule has 0 unspecified atom stereocenters. The van der Waals surface area contributed by atoms with Crippen LogP contribution < -0.4 is 0 Å². The number of ketones is 1. The first kappa shape index (κ1) is 66.4. The van der Waals surface area contributed by atoms with Gasteiger partial charge in [0.1, 0.15) is 5.78 Å². The lowest BCUT2D eigenvalue weighted by atomic mass is 10.0. The SMILES string of the molecule is CC(C)(C)N1CCCC(=O)C1.CC(C)(C)N1CCCCC1.CC(C)(C)N1CCOCC1.CCCN(CCO)C(C)(C)C.CCCN(CCOC)C(C)(C)C.CN1CCN(C(C)(C)C)CC1. The second kappa shape index (κ2) is 33.0. The van der Waals surface area contributed by atoms with E-state index in [0.717, 1.165) is 84.9 Å². The summed E-state index contributed by atoms with van der Waals surface area (Å²) in [5.41, 5.74) is 1.72. The maximum atomic E-state index is 11.1. The zero-order chi connectivity index (χ0) is 50.7. The summed E-state index contributed by atoms with van der Waals surface area (Å²) < 4.78 is 10.3. The Labute approximate surface area is 407 Å². The van der Waals surface area contributed by atoms with E-state index >= 15 is 0 Å². The summed E-state index contributed by atoms with van der Waals surface area (Å²) in [6.07, 6.45) is 8.42. The quantitative estimate of drug-likeness (QED) is 0.241. The highest BCUT2D eigenvalue weighted by atomic mass is 16.5. The molecule has 392 valence electrons. The lowest BCUT2D eigenvalue weighted by Crippen LogP contribution is -2.52. The van der Waals surface area contributed by atoms with Gasteiger partial charge in [0.15, 0.2) is 0 Å². The van der Waals surface area contributed by atoms with Crippen molar-refractivity contribution < 1.29 is 19.4 Å². The van der Waals surface area contributed by atoms with Gasteiger partial charge in [-0.1, -0.05) is 20.3 Å². The van der Waals surface area contributed by atoms with Crippen LogP contribution in [0, 0.1) is 0 Å². The molecule has 0 atom stereocenters. The van der Waals surface area contributed by atoms with Crippen LogP contribution in [0.2, 0.25) is 0 Å². The molecule has 4 saturated heterocycles. The van der Waals surface area contributed by atoms with Crippen molar-refractivity contribution in [3.8, 4) is 0 Å². The third kappa shape index (κ3) is 33.4. The van der Waals surface area contributed by atoms with Crippen molar-refractivity contribution >= 4 is 5.78 Å². The molecule has 0 spiro atoms. The first-order valence-electron chi connectivity index (χ1n) is 26.1. The molecule has 65 heavy (non-hydrogen) atoms. The molecular weight excluding hydrogens is 811 g/mol. The van der Waals surface area contributed by atoms with Crippen LogP contribution in [0.3, 0.4) is 0 Å². The molecule has 0 bridgehead atoms. The molecular formula is C54H117N7O4. The summed E-state index contributed by atoms with van der Waals surface area (Å²) in [5.74, 6) is 0.395. The van der Waals surface area contributed by atoms with Crippen molar-refractivity contribution in [1.82, 2.24) is 34.3 Å². The molecule has 0 aromatic carbocycles. The minimum absolute atomic E-state index is 0.163. The predicted molar refractivity (Wildman–Crippen MR) is 284 cm³/mol. The number of rotatable bonds is 9. The van der Waals surface area contributed by atoms with Crippen LogP contribution in [0.5, 0.6) is 0 Å². The van der Waals surface area contributed by atoms with Gasteiger partial charge in [-0.05, 0) is 197 Å². The fourth-order valence-electron chi connectivity index (χ4n) is 8.11. The standard InChI is InChI=1S/C10H23NO.C9H20N2.C9H17NO.C9H21NO.C9H19N.C8H17NO/c1-6-7-11(8-9-12-5)10(2,3)4;1-9(2,3)11-7-5-10(4)6-8-11;1-9(2,3)10-6-4-5-8(11)7-10;1-5-6-10(7-8-11)9(2,3)4;1-9(2,3)10-7-5-4-6-8-10;1-8(2,3)9-4-6-10-7-5-9/h6-9H2,1-5H3;5-8H2,1-4H3;4-7H2,1-3H3;11H,5-8H2,1-4H3;4-8H2,1-3H3;4-7H2,1-3H3. The maximum Gasteiger partial charge on any atom is 0.146 e. The van der Waals surface area contributed by atoms with Gasteiger partial charge in [0, 0.05) is 99.1 Å². The second-order valence-corrected chi connectivity index (χ2v) is 24.7. The van der Waals surface area contributed by atoms with Crippen molar-refractivity contribution in [2.24, 2.45) is 0 Å². The van der Waals surface area contributed by atoms with Crippen LogP contribution >= 0.6 is 0 Å². The molecule has 4 heterocycles. The van der Waals surface area contributed by atoms with Crippen LogP contribution in [0.25, 0.3) is 0 Å². The Hall–Kier alpha value is -0.730. The van der Waals surface area contributed by atoms with E-state index in [-0.39, 0.29) is 23.2 Å². The zero-order valence-corrected chi connectivity index (χ0v) is 48.0. The van der Waals surface area contributed by atoms with Crippen LogP contribution in [0.15, 0.2) is 0 Å². The molecule has 0 radical (unpaired) electrons. The van der Waals surface area contributed by atoms with Crippen molar-refractivity contribution in [2.45, 2.75) is 217 Å². The van der Waals surface area contributed by atoms with E-state index in [9.17, 15) is 4.79 Å². The van der Waals surface area contributed by atoms with E-state index < -0.39 is 0 Å². The number of aliphatic hydroxyl groups is 1. The summed E-state index contributed by atoms with van der Waals surface area (Å²) in [7, 11) is 3.95. The molecule has 0 aromatic rings. The number of hydrogen-bond acceptors (Lipinski definition) is 11. The number of likely N-dealkylation sites (tertiary alicyclic amines) is 2. The largest absolute Gasteiger partial charge is 0.395 e. The molecule has 11 heteroatoms. The molecule has 4 fully saturated rings. The van der Waals surface area contributed by atoms with Gasteiger partial charge in [-0.25, -0.2) is 0 Å². The Morgan fingerprint density at radius 1 is 0.523 bits per heavy atom. The average Bonchev–Trinajstić information content (AvgIpc) is 3.19. The molecule has 0 aliphatic carbocycles. The van der Waals surface area contributed by atoms with Crippen LogP contribution in [-0.2, 0) is 14.3 Å². The molecule has 11 nitrogen and oxygen atoms in total. The Morgan fingerprint density at radius 3 is 1.22 bits per heavy atom. The fraction of sp³-hybridized carbons (Fsp3) is 0.981. The minimum Gasteiger partial charge on any atom is -0.395 e. The summed E-state index contributed by atoms with van der Waals surface area (Å²) in [4.78, 5) is 28.1. The third-order valence-corrected chi connectivity index (χ3v) is 12.7. The maximum absolute atomic E-state index is 11.1. The highest BCUT2D eigenvalue weighted by Crippen LogP contribution is 2.20. The van der Waals surface area contributed by atoms with E-state index in [4.69, 9.17) is 14.6 Å². The second-order valence-electron chi connectivity index (χ2n) is 24.7. The molecule has 4 aliphatic heterocycles. The number of β-amino-alcohol motifs (C(OH)–C–C–N with tert-alkyl or cyclic N) is 1. The minimum atomic E-state index is 0.163.